The standard InChI is InChI=1S/C6H9NO6S2/c1-7-4(8)3-14-6(7,2-5(9)10)15(11,12)13/h2-3H2,1H3,(H,9,10)(H,11,12,13). The number of aliphatic carboxylic acids is 1. The molecule has 7 nitrogen and oxygen atoms in total. The summed E-state index contributed by atoms with van der Waals surface area (Å²) >= 11 is 0.599. The van der Waals surface area contributed by atoms with Crippen LogP contribution in [0, 0.1) is 0 Å². The number of hydrogen-bond acceptors (Lipinski definition) is 5. The van der Waals surface area contributed by atoms with Crippen LogP contribution in [0.3, 0.4) is 0 Å². The fraction of sp³-hybridized carbons (Fsp3) is 0.667. The van der Waals surface area contributed by atoms with Gasteiger partial charge in [0.25, 0.3) is 10.1 Å². The van der Waals surface area contributed by atoms with Crippen LogP contribution >= 0.6 is 11.8 Å². The molecule has 86 valence electrons. The van der Waals surface area contributed by atoms with E-state index in [0.29, 0.717) is 11.8 Å². The van der Waals surface area contributed by atoms with E-state index in [0.717, 1.165) is 11.9 Å². The SMILES string of the molecule is CN1C(=O)CSC1(CC(=O)O)S(=O)(=O)O. The number of carboxylic acids is 1. The number of carbonyl (C=O) groups excluding carboxylic acids is 1. The normalized spacial score (nSPS) is 27.1. The lowest BCUT2D eigenvalue weighted by Gasteiger charge is -2.29. The van der Waals surface area contributed by atoms with E-state index in [9.17, 15) is 18.0 Å². The molecule has 0 aliphatic carbocycles. The average Bonchev–Trinajstić information content (AvgIpc) is 2.31. The van der Waals surface area contributed by atoms with Gasteiger partial charge in [0.05, 0.1) is 12.2 Å². The Labute approximate surface area is 90.2 Å². The zero-order valence-corrected chi connectivity index (χ0v) is 9.34. The number of carbonyl (C=O) groups is 2. The van der Waals surface area contributed by atoms with Gasteiger partial charge in [-0.2, -0.15) is 8.42 Å². The van der Waals surface area contributed by atoms with Crippen molar-refractivity contribution in [3.05, 3.63) is 0 Å². The summed E-state index contributed by atoms with van der Waals surface area (Å²) in [6.45, 7) is 0. The van der Waals surface area contributed by atoms with Crippen molar-refractivity contribution < 1.29 is 27.7 Å². The van der Waals surface area contributed by atoms with Crippen molar-refractivity contribution in [2.24, 2.45) is 0 Å². The Hall–Kier alpha value is -0.800. The van der Waals surface area contributed by atoms with Gasteiger partial charge in [-0.3, -0.25) is 14.1 Å². The Morgan fingerprint density at radius 1 is 1.67 bits per heavy atom. The second-order valence-electron chi connectivity index (χ2n) is 3.00. The summed E-state index contributed by atoms with van der Waals surface area (Å²) in [5.74, 6) is -2.09. The molecule has 1 fully saturated rings. The van der Waals surface area contributed by atoms with Crippen LogP contribution in [0.15, 0.2) is 0 Å². The predicted molar refractivity (Wildman–Crippen MR) is 51.8 cm³/mol. The van der Waals surface area contributed by atoms with Crippen molar-refractivity contribution in [3.8, 4) is 0 Å². The molecule has 0 aromatic heterocycles. The van der Waals surface area contributed by atoms with Crippen LogP contribution in [-0.4, -0.2) is 51.9 Å². The Morgan fingerprint density at radius 2 is 2.20 bits per heavy atom. The van der Waals surface area contributed by atoms with Gasteiger partial charge in [0, 0.05) is 7.05 Å². The van der Waals surface area contributed by atoms with Crippen LogP contribution < -0.4 is 0 Å². The van der Waals surface area contributed by atoms with Crippen LogP contribution in [0.5, 0.6) is 0 Å². The van der Waals surface area contributed by atoms with Crippen molar-refractivity contribution in [3.63, 3.8) is 0 Å². The summed E-state index contributed by atoms with van der Waals surface area (Å²) in [4.78, 5) is 22.4. The smallest absolute Gasteiger partial charge is 0.307 e. The highest BCUT2D eigenvalue weighted by Gasteiger charge is 2.55. The first-order valence-corrected chi connectivity index (χ1v) is 6.23. The van der Waals surface area contributed by atoms with Gasteiger partial charge in [-0.15, -0.1) is 11.8 Å². The first kappa shape index (κ1) is 12.3. The molecule has 1 atom stereocenters. The highest BCUT2D eigenvalue weighted by atomic mass is 32.3. The van der Waals surface area contributed by atoms with E-state index in [1.54, 1.807) is 0 Å². The lowest BCUT2D eigenvalue weighted by Crippen LogP contribution is -2.49. The molecule has 1 rings (SSSR count). The Bertz CT molecular complexity index is 404. The molecule has 15 heavy (non-hydrogen) atoms. The molecule has 0 spiro atoms. The van der Waals surface area contributed by atoms with Gasteiger partial charge in [-0.25, -0.2) is 0 Å². The molecule has 1 aliphatic heterocycles. The molecule has 9 heteroatoms. The Morgan fingerprint density at radius 3 is 2.47 bits per heavy atom. The maximum absolute atomic E-state index is 11.2. The van der Waals surface area contributed by atoms with Crippen LogP contribution in [0.4, 0.5) is 0 Å². The molecular formula is C6H9NO6S2. The van der Waals surface area contributed by atoms with Crippen LogP contribution in [0.1, 0.15) is 6.42 Å². The van der Waals surface area contributed by atoms with Gasteiger partial charge >= 0.3 is 5.97 Å². The molecule has 0 bridgehead atoms. The number of nitrogens with zero attached hydrogens (tertiary/aromatic N) is 1. The molecule has 1 saturated heterocycles. The predicted octanol–water partition coefficient (Wildman–Crippen LogP) is -0.792. The third kappa shape index (κ3) is 1.94. The maximum atomic E-state index is 11.2. The molecule has 0 radical (unpaired) electrons. The van der Waals surface area contributed by atoms with Gasteiger partial charge in [0.2, 0.25) is 10.1 Å². The first-order chi connectivity index (χ1) is 6.71. The van der Waals surface area contributed by atoms with E-state index in [1.165, 1.54) is 0 Å². The van der Waals surface area contributed by atoms with Crippen molar-refractivity contribution in [2.45, 2.75) is 10.6 Å². The van der Waals surface area contributed by atoms with E-state index >= 15 is 0 Å². The van der Waals surface area contributed by atoms with E-state index in [1.807, 2.05) is 0 Å². The zero-order valence-electron chi connectivity index (χ0n) is 7.71. The zero-order chi connectivity index (χ0) is 11.9. The molecule has 0 saturated carbocycles. The largest absolute Gasteiger partial charge is 0.481 e. The summed E-state index contributed by atoms with van der Waals surface area (Å²) < 4.78 is 29.2. The fourth-order valence-corrected chi connectivity index (χ4v) is 3.85. The summed E-state index contributed by atoms with van der Waals surface area (Å²) in [5.41, 5.74) is 0. The van der Waals surface area contributed by atoms with Crippen molar-refractivity contribution >= 4 is 33.8 Å². The minimum Gasteiger partial charge on any atom is -0.481 e. The van der Waals surface area contributed by atoms with Gasteiger partial charge in [-0.05, 0) is 0 Å². The number of thioether (sulfide) groups is 1. The fourth-order valence-electron chi connectivity index (χ4n) is 1.26. The third-order valence-electron chi connectivity index (χ3n) is 2.08. The van der Waals surface area contributed by atoms with Gasteiger partial charge in [0.15, 0.2) is 0 Å². The average molecular weight is 255 g/mol. The highest BCUT2D eigenvalue weighted by molar-refractivity contribution is 8.13. The Balaban J connectivity index is 3.20. The van der Waals surface area contributed by atoms with Gasteiger partial charge in [-0.1, -0.05) is 0 Å². The Kier molecular flexibility index (Phi) is 2.99. The van der Waals surface area contributed by atoms with E-state index < -0.39 is 32.6 Å². The van der Waals surface area contributed by atoms with E-state index in [2.05, 4.69) is 0 Å². The summed E-state index contributed by atoms with van der Waals surface area (Å²) in [7, 11) is -3.50. The quantitative estimate of drug-likeness (QED) is 0.635. The summed E-state index contributed by atoms with van der Waals surface area (Å²) in [6.07, 6.45) is -0.848. The molecule has 0 aromatic rings. The minimum atomic E-state index is -4.65. The lowest BCUT2D eigenvalue weighted by atomic mass is 10.4. The third-order valence-corrected chi connectivity index (χ3v) is 5.55. The van der Waals surface area contributed by atoms with Gasteiger partial charge in [0.1, 0.15) is 0 Å². The van der Waals surface area contributed by atoms with Crippen molar-refractivity contribution in [1.29, 1.82) is 0 Å². The summed E-state index contributed by atoms with van der Waals surface area (Å²) in [5, 5.41) is 8.58. The van der Waals surface area contributed by atoms with Crippen molar-refractivity contribution in [2.75, 3.05) is 12.8 Å². The lowest BCUT2D eigenvalue weighted by molar-refractivity contribution is -0.138. The van der Waals surface area contributed by atoms with Gasteiger partial charge < -0.3 is 10.0 Å². The molecule has 1 aliphatic rings. The molecule has 2 N–H and O–H groups in total. The van der Waals surface area contributed by atoms with Crippen LogP contribution in [-0.2, 0) is 19.7 Å². The molecule has 1 unspecified atom stereocenters. The first-order valence-electron chi connectivity index (χ1n) is 3.80. The van der Waals surface area contributed by atoms with E-state index in [4.69, 9.17) is 9.66 Å². The van der Waals surface area contributed by atoms with Crippen molar-refractivity contribution in [1.82, 2.24) is 4.90 Å². The second-order valence-corrected chi connectivity index (χ2v) is 6.14. The second kappa shape index (κ2) is 3.65. The molecule has 1 amide bonds. The summed E-state index contributed by atoms with van der Waals surface area (Å²) in [6, 6.07) is 0. The van der Waals surface area contributed by atoms with Crippen LogP contribution in [0.25, 0.3) is 0 Å². The number of rotatable bonds is 3. The molecule has 1 heterocycles. The molecule has 0 aromatic carbocycles. The topological polar surface area (TPSA) is 112 Å². The number of hydrogen-bond donors (Lipinski definition) is 2. The monoisotopic (exact) mass is 255 g/mol. The highest BCUT2D eigenvalue weighted by Crippen LogP contribution is 2.42. The maximum Gasteiger partial charge on any atom is 0.307 e. The minimum absolute atomic E-state index is 0.163. The molecular weight excluding hydrogens is 246 g/mol. The van der Waals surface area contributed by atoms with E-state index in [-0.39, 0.29) is 5.75 Å². The number of carboxylic acid groups (broad SMARTS) is 1. The van der Waals surface area contributed by atoms with Crippen LogP contribution in [0.2, 0.25) is 0 Å². The number of amides is 1.